The van der Waals surface area contributed by atoms with Crippen LogP contribution in [0, 0.1) is 0 Å². The van der Waals surface area contributed by atoms with Crippen molar-refractivity contribution in [1.82, 2.24) is 9.13 Å². The zero-order valence-electron chi connectivity index (χ0n) is 30.7. The summed E-state index contributed by atoms with van der Waals surface area (Å²) in [6.07, 6.45) is 0. The highest BCUT2D eigenvalue weighted by atomic mass is 15.0. The zero-order valence-corrected chi connectivity index (χ0v) is 30.7. The molecule has 11 aromatic rings. The van der Waals surface area contributed by atoms with Crippen LogP contribution in [0.5, 0.6) is 0 Å². The number of hydrogen-bond acceptors (Lipinski definition) is 0. The molecule has 262 valence electrons. The van der Waals surface area contributed by atoms with E-state index in [4.69, 9.17) is 0 Å². The molecule has 0 amide bonds. The molecule has 0 aliphatic heterocycles. The normalized spacial score (nSPS) is 11.6. The van der Waals surface area contributed by atoms with Gasteiger partial charge in [-0.3, -0.25) is 0 Å². The van der Waals surface area contributed by atoms with E-state index in [1.165, 1.54) is 88.1 Å². The molecule has 2 nitrogen and oxygen atoms in total. The first-order chi connectivity index (χ1) is 27.8. The van der Waals surface area contributed by atoms with E-state index in [0.717, 1.165) is 11.4 Å². The number of nitrogens with zero attached hydrogens (tertiary/aromatic N) is 2. The van der Waals surface area contributed by atoms with E-state index in [9.17, 15) is 0 Å². The van der Waals surface area contributed by atoms with Gasteiger partial charge in [-0.15, -0.1) is 0 Å². The standard InChI is InChI=1S/C54H36N2/c1-3-12-37(13-4-1)38-22-24-39(25-23-38)41-14-11-15-42(34-41)44-29-33-54-50(36-44)49-35-43(28-32-53(49)55(54)45-16-5-2-6-17-45)40-26-30-46(31-27-40)56-51-20-9-7-18-47(51)48-19-8-10-21-52(48)56/h1-36H. The second kappa shape index (κ2) is 13.2. The maximum Gasteiger partial charge on any atom is 0.0541 e. The lowest BCUT2D eigenvalue weighted by Gasteiger charge is -2.10. The molecule has 0 fully saturated rings. The molecular formula is C54H36N2. The number of rotatable bonds is 6. The Balaban J connectivity index is 1.00. The van der Waals surface area contributed by atoms with Gasteiger partial charge in [0.05, 0.1) is 22.1 Å². The molecule has 0 saturated carbocycles. The lowest BCUT2D eigenvalue weighted by molar-refractivity contribution is 1.18. The van der Waals surface area contributed by atoms with E-state index in [1.54, 1.807) is 0 Å². The molecule has 2 aromatic heterocycles. The molecule has 9 aromatic carbocycles. The summed E-state index contributed by atoms with van der Waals surface area (Å²) in [6.45, 7) is 0. The third-order valence-electron chi connectivity index (χ3n) is 11.3. The third kappa shape index (κ3) is 5.34. The predicted octanol–water partition coefficient (Wildman–Crippen LogP) is 14.5. The molecular weight excluding hydrogens is 677 g/mol. The van der Waals surface area contributed by atoms with Crippen molar-refractivity contribution >= 4 is 43.6 Å². The van der Waals surface area contributed by atoms with Crippen LogP contribution < -0.4 is 0 Å². The largest absolute Gasteiger partial charge is 0.309 e. The number of benzene rings is 9. The molecule has 0 unspecified atom stereocenters. The van der Waals surface area contributed by atoms with E-state index in [1.807, 2.05) is 0 Å². The van der Waals surface area contributed by atoms with Crippen LogP contribution in [0.15, 0.2) is 218 Å². The molecule has 0 aliphatic rings. The van der Waals surface area contributed by atoms with E-state index >= 15 is 0 Å². The first kappa shape index (κ1) is 32.0. The Morgan fingerprint density at radius 3 is 1.11 bits per heavy atom. The van der Waals surface area contributed by atoms with Gasteiger partial charge in [0, 0.05) is 32.9 Å². The van der Waals surface area contributed by atoms with Gasteiger partial charge in [-0.25, -0.2) is 0 Å². The second-order valence-electron chi connectivity index (χ2n) is 14.6. The van der Waals surface area contributed by atoms with Gasteiger partial charge in [0.1, 0.15) is 0 Å². The van der Waals surface area contributed by atoms with Crippen LogP contribution in [0.3, 0.4) is 0 Å². The molecule has 0 N–H and O–H groups in total. The van der Waals surface area contributed by atoms with Crippen LogP contribution >= 0.6 is 0 Å². The molecule has 0 aliphatic carbocycles. The molecule has 56 heavy (non-hydrogen) atoms. The quantitative estimate of drug-likeness (QED) is 0.162. The number of hydrogen-bond donors (Lipinski definition) is 0. The van der Waals surface area contributed by atoms with Crippen molar-refractivity contribution in [2.45, 2.75) is 0 Å². The van der Waals surface area contributed by atoms with Gasteiger partial charge in [-0.1, -0.05) is 152 Å². The minimum atomic E-state index is 1.16. The first-order valence-electron chi connectivity index (χ1n) is 19.3. The average Bonchev–Trinajstić information content (AvgIpc) is 3.79. The Bertz CT molecular complexity index is 3150. The summed E-state index contributed by atoms with van der Waals surface area (Å²) in [7, 11) is 0. The number of aromatic nitrogens is 2. The molecule has 2 heteroatoms. The van der Waals surface area contributed by atoms with E-state index in [0.29, 0.717) is 0 Å². The zero-order chi connectivity index (χ0) is 37.0. The van der Waals surface area contributed by atoms with Crippen LogP contribution in [0.25, 0.3) is 99.5 Å². The van der Waals surface area contributed by atoms with Crippen molar-refractivity contribution in [3.8, 4) is 55.9 Å². The highest BCUT2D eigenvalue weighted by Crippen LogP contribution is 2.39. The highest BCUT2D eigenvalue weighted by molar-refractivity contribution is 6.12. The second-order valence-corrected chi connectivity index (χ2v) is 14.6. The summed E-state index contributed by atoms with van der Waals surface area (Å²) < 4.78 is 4.77. The van der Waals surface area contributed by atoms with Gasteiger partial charge in [0.2, 0.25) is 0 Å². The number of para-hydroxylation sites is 3. The summed E-state index contributed by atoms with van der Waals surface area (Å²) in [5, 5.41) is 5.03. The fraction of sp³-hybridized carbons (Fsp3) is 0. The van der Waals surface area contributed by atoms with Crippen molar-refractivity contribution in [1.29, 1.82) is 0 Å². The number of fused-ring (bicyclic) bond motifs is 6. The maximum absolute atomic E-state index is 2.40. The molecule has 11 rings (SSSR count). The van der Waals surface area contributed by atoms with Gasteiger partial charge in [0.15, 0.2) is 0 Å². The summed E-state index contributed by atoms with van der Waals surface area (Å²) in [4.78, 5) is 0. The minimum Gasteiger partial charge on any atom is -0.309 e. The Labute approximate surface area is 325 Å². The van der Waals surface area contributed by atoms with Crippen LogP contribution in [-0.2, 0) is 0 Å². The smallest absolute Gasteiger partial charge is 0.0541 e. The summed E-state index contributed by atoms with van der Waals surface area (Å²) in [5.41, 5.74) is 16.8. The van der Waals surface area contributed by atoms with Gasteiger partial charge >= 0.3 is 0 Å². The van der Waals surface area contributed by atoms with Crippen LogP contribution in [0.1, 0.15) is 0 Å². The fourth-order valence-corrected chi connectivity index (χ4v) is 8.61. The highest BCUT2D eigenvalue weighted by Gasteiger charge is 2.16. The van der Waals surface area contributed by atoms with Gasteiger partial charge in [-0.2, -0.15) is 0 Å². The van der Waals surface area contributed by atoms with Crippen molar-refractivity contribution in [3.63, 3.8) is 0 Å². The predicted molar refractivity (Wildman–Crippen MR) is 237 cm³/mol. The van der Waals surface area contributed by atoms with Gasteiger partial charge in [-0.05, 0) is 111 Å². The SMILES string of the molecule is c1ccc(-c2ccc(-c3cccc(-c4ccc5c(c4)c4cc(-c6ccc(-n7c8ccccc8c8ccccc87)cc6)ccc4n5-c4ccccc4)c3)cc2)cc1. The first-order valence-corrected chi connectivity index (χ1v) is 19.3. The summed E-state index contributed by atoms with van der Waals surface area (Å²) >= 11 is 0. The molecule has 0 saturated heterocycles. The third-order valence-corrected chi connectivity index (χ3v) is 11.3. The Hall–Kier alpha value is -7.42. The lowest BCUT2D eigenvalue weighted by Crippen LogP contribution is -1.94. The Morgan fingerprint density at radius 1 is 0.196 bits per heavy atom. The molecule has 0 bridgehead atoms. The van der Waals surface area contributed by atoms with Gasteiger partial charge in [0.25, 0.3) is 0 Å². The summed E-state index contributed by atoms with van der Waals surface area (Å²) in [5.74, 6) is 0. The van der Waals surface area contributed by atoms with Crippen LogP contribution in [0.4, 0.5) is 0 Å². The van der Waals surface area contributed by atoms with Crippen molar-refractivity contribution in [3.05, 3.63) is 218 Å². The molecule has 0 spiro atoms. The summed E-state index contributed by atoms with van der Waals surface area (Å²) in [6, 6.07) is 79.4. The van der Waals surface area contributed by atoms with Crippen molar-refractivity contribution in [2.75, 3.05) is 0 Å². The van der Waals surface area contributed by atoms with Crippen LogP contribution in [-0.4, -0.2) is 9.13 Å². The molecule has 2 heterocycles. The van der Waals surface area contributed by atoms with Crippen molar-refractivity contribution < 1.29 is 0 Å². The van der Waals surface area contributed by atoms with Gasteiger partial charge < -0.3 is 9.13 Å². The maximum atomic E-state index is 2.40. The van der Waals surface area contributed by atoms with E-state index in [2.05, 4.69) is 228 Å². The average molecular weight is 713 g/mol. The lowest BCUT2D eigenvalue weighted by atomic mass is 9.96. The Morgan fingerprint density at radius 2 is 0.536 bits per heavy atom. The van der Waals surface area contributed by atoms with E-state index < -0.39 is 0 Å². The minimum absolute atomic E-state index is 1.16. The fourth-order valence-electron chi connectivity index (χ4n) is 8.61. The van der Waals surface area contributed by atoms with Crippen LogP contribution in [0.2, 0.25) is 0 Å². The van der Waals surface area contributed by atoms with E-state index in [-0.39, 0.29) is 0 Å². The monoisotopic (exact) mass is 712 g/mol. The Kier molecular flexibility index (Phi) is 7.53. The molecule has 0 atom stereocenters. The molecule has 0 radical (unpaired) electrons. The topological polar surface area (TPSA) is 9.86 Å². The van der Waals surface area contributed by atoms with Crippen molar-refractivity contribution in [2.24, 2.45) is 0 Å².